The Morgan fingerprint density at radius 3 is 3.21 bits per heavy atom. The minimum atomic E-state index is 0.303. The molecule has 0 spiro atoms. The molecule has 1 fully saturated rings. The Kier molecular flexibility index (Phi) is 3.29. The van der Waals surface area contributed by atoms with Gasteiger partial charge in [0.05, 0.1) is 11.1 Å². The van der Waals surface area contributed by atoms with E-state index in [1.54, 1.807) is 11.3 Å². The van der Waals surface area contributed by atoms with Crippen LogP contribution in [0.3, 0.4) is 0 Å². The number of anilines is 1. The standard InChI is InChI=1S/C10H15ClN2S/c1-2-9-7-14-10(12-9)13-5-3-4-8(11)6-13/h7-8H,2-6H2,1H3. The van der Waals surface area contributed by atoms with E-state index >= 15 is 0 Å². The number of nitrogens with zero attached hydrogens (tertiary/aromatic N) is 2. The highest BCUT2D eigenvalue weighted by atomic mass is 35.5. The zero-order valence-corrected chi connectivity index (χ0v) is 9.94. The van der Waals surface area contributed by atoms with Gasteiger partial charge in [-0.2, -0.15) is 0 Å². The lowest BCUT2D eigenvalue weighted by Gasteiger charge is -2.29. The predicted octanol–water partition coefficient (Wildman–Crippen LogP) is 2.91. The van der Waals surface area contributed by atoms with Crippen LogP contribution < -0.4 is 4.90 Å². The number of halogens is 1. The first-order chi connectivity index (χ1) is 6.79. The SMILES string of the molecule is CCc1csc(N2CCCC(Cl)C2)n1. The molecular formula is C10H15ClN2S. The van der Waals surface area contributed by atoms with Crippen molar-refractivity contribution in [1.82, 2.24) is 4.98 Å². The Morgan fingerprint density at radius 1 is 1.71 bits per heavy atom. The Balaban J connectivity index is 2.06. The third kappa shape index (κ3) is 2.20. The van der Waals surface area contributed by atoms with Crippen LogP contribution in [0.4, 0.5) is 5.13 Å². The van der Waals surface area contributed by atoms with Gasteiger partial charge in [0.15, 0.2) is 5.13 Å². The van der Waals surface area contributed by atoms with Gasteiger partial charge in [-0.1, -0.05) is 6.92 Å². The smallest absolute Gasteiger partial charge is 0.185 e. The minimum absolute atomic E-state index is 0.303. The van der Waals surface area contributed by atoms with Gasteiger partial charge in [0.25, 0.3) is 0 Å². The van der Waals surface area contributed by atoms with Crippen molar-refractivity contribution in [3.63, 3.8) is 0 Å². The monoisotopic (exact) mass is 230 g/mol. The molecule has 1 aromatic rings. The summed E-state index contributed by atoms with van der Waals surface area (Å²) in [6, 6.07) is 0. The molecule has 2 rings (SSSR count). The average Bonchev–Trinajstić information content (AvgIpc) is 2.66. The number of alkyl halides is 1. The summed E-state index contributed by atoms with van der Waals surface area (Å²) in [4.78, 5) is 6.88. The van der Waals surface area contributed by atoms with Gasteiger partial charge < -0.3 is 4.90 Å². The summed E-state index contributed by atoms with van der Waals surface area (Å²) in [6.45, 7) is 4.21. The summed E-state index contributed by atoms with van der Waals surface area (Å²) in [5, 5.41) is 3.60. The van der Waals surface area contributed by atoms with Gasteiger partial charge in [-0.05, 0) is 19.3 Å². The molecule has 1 unspecified atom stereocenters. The van der Waals surface area contributed by atoms with Gasteiger partial charge >= 0.3 is 0 Å². The highest BCUT2D eigenvalue weighted by Gasteiger charge is 2.19. The Hall–Kier alpha value is -0.280. The summed E-state index contributed by atoms with van der Waals surface area (Å²) in [6.07, 6.45) is 3.36. The molecule has 0 saturated carbocycles. The molecule has 0 aliphatic carbocycles. The fraction of sp³-hybridized carbons (Fsp3) is 0.700. The molecule has 0 amide bonds. The van der Waals surface area contributed by atoms with Crippen molar-refractivity contribution in [2.75, 3.05) is 18.0 Å². The fourth-order valence-corrected chi connectivity index (χ4v) is 2.97. The lowest BCUT2D eigenvalue weighted by molar-refractivity contribution is 0.583. The number of hydrogen-bond donors (Lipinski definition) is 0. The number of thiazole rings is 1. The van der Waals surface area contributed by atoms with Crippen molar-refractivity contribution in [3.05, 3.63) is 11.1 Å². The summed E-state index contributed by atoms with van der Waals surface area (Å²) < 4.78 is 0. The van der Waals surface area contributed by atoms with E-state index in [-0.39, 0.29) is 0 Å². The first-order valence-electron chi connectivity index (χ1n) is 5.13. The van der Waals surface area contributed by atoms with Gasteiger partial charge in [-0.3, -0.25) is 0 Å². The molecule has 1 aliphatic rings. The predicted molar refractivity (Wildman–Crippen MR) is 62.6 cm³/mol. The largest absolute Gasteiger partial charge is 0.347 e. The normalized spacial score (nSPS) is 22.7. The number of aryl methyl sites for hydroxylation is 1. The van der Waals surface area contributed by atoms with Crippen molar-refractivity contribution in [2.45, 2.75) is 31.6 Å². The second-order valence-electron chi connectivity index (χ2n) is 3.66. The van der Waals surface area contributed by atoms with Crippen LogP contribution in [0.15, 0.2) is 5.38 Å². The molecule has 0 N–H and O–H groups in total. The quantitative estimate of drug-likeness (QED) is 0.727. The Bertz CT molecular complexity index is 300. The molecule has 0 bridgehead atoms. The van der Waals surface area contributed by atoms with E-state index < -0.39 is 0 Å². The average molecular weight is 231 g/mol. The molecular weight excluding hydrogens is 216 g/mol. The first kappa shape index (κ1) is 10.2. The maximum absolute atomic E-state index is 6.14. The van der Waals surface area contributed by atoms with Crippen LogP contribution >= 0.6 is 22.9 Å². The van der Waals surface area contributed by atoms with Crippen LogP contribution in [0.2, 0.25) is 0 Å². The van der Waals surface area contributed by atoms with E-state index in [9.17, 15) is 0 Å². The summed E-state index contributed by atoms with van der Waals surface area (Å²) in [5.41, 5.74) is 1.20. The van der Waals surface area contributed by atoms with Crippen LogP contribution in [-0.4, -0.2) is 23.5 Å². The van der Waals surface area contributed by atoms with Crippen LogP contribution in [-0.2, 0) is 6.42 Å². The Labute approximate surface area is 93.9 Å². The number of rotatable bonds is 2. The Morgan fingerprint density at radius 2 is 2.57 bits per heavy atom. The molecule has 1 saturated heterocycles. The van der Waals surface area contributed by atoms with Gasteiger partial charge in [-0.15, -0.1) is 22.9 Å². The number of aromatic nitrogens is 1. The van der Waals surface area contributed by atoms with Gasteiger partial charge in [0.2, 0.25) is 0 Å². The van der Waals surface area contributed by atoms with E-state index in [2.05, 4.69) is 22.2 Å². The van der Waals surface area contributed by atoms with E-state index in [1.165, 1.54) is 12.1 Å². The summed E-state index contributed by atoms with van der Waals surface area (Å²) in [5.74, 6) is 0. The topological polar surface area (TPSA) is 16.1 Å². The van der Waals surface area contributed by atoms with Crippen LogP contribution in [0.1, 0.15) is 25.5 Å². The molecule has 1 aromatic heterocycles. The number of hydrogen-bond acceptors (Lipinski definition) is 3. The van der Waals surface area contributed by atoms with E-state index in [0.717, 1.165) is 31.1 Å². The van der Waals surface area contributed by atoms with Gasteiger partial charge in [0.1, 0.15) is 0 Å². The molecule has 1 aliphatic heterocycles. The maximum atomic E-state index is 6.14. The van der Waals surface area contributed by atoms with Crippen LogP contribution in [0, 0.1) is 0 Å². The second kappa shape index (κ2) is 4.49. The molecule has 1 atom stereocenters. The molecule has 14 heavy (non-hydrogen) atoms. The van der Waals surface area contributed by atoms with Crippen molar-refractivity contribution < 1.29 is 0 Å². The number of piperidine rings is 1. The first-order valence-corrected chi connectivity index (χ1v) is 6.44. The summed E-state index contributed by atoms with van der Waals surface area (Å²) >= 11 is 7.88. The molecule has 2 heterocycles. The molecule has 4 heteroatoms. The summed E-state index contributed by atoms with van der Waals surface area (Å²) in [7, 11) is 0. The molecule has 0 aromatic carbocycles. The van der Waals surface area contributed by atoms with Crippen molar-refractivity contribution in [1.29, 1.82) is 0 Å². The lowest BCUT2D eigenvalue weighted by atomic mass is 10.1. The van der Waals surface area contributed by atoms with Crippen molar-refractivity contribution in [3.8, 4) is 0 Å². The molecule has 0 radical (unpaired) electrons. The third-order valence-corrected chi connectivity index (χ3v) is 3.84. The van der Waals surface area contributed by atoms with Crippen LogP contribution in [0.25, 0.3) is 0 Å². The van der Waals surface area contributed by atoms with Gasteiger partial charge in [0, 0.05) is 18.5 Å². The van der Waals surface area contributed by atoms with Gasteiger partial charge in [-0.25, -0.2) is 4.98 Å². The fourth-order valence-electron chi connectivity index (χ4n) is 1.70. The third-order valence-electron chi connectivity index (χ3n) is 2.54. The van der Waals surface area contributed by atoms with Crippen molar-refractivity contribution >= 4 is 28.1 Å². The lowest BCUT2D eigenvalue weighted by Crippen LogP contribution is -2.35. The zero-order chi connectivity index (χ0) is 9.97. The van der Waals surface area contributed by atoms with Crippen molar-refractivity contribution in [2.24, 2.45) is 0 Å². The minimum Gasteiger partial charge on any atom is -0.347 e. The second-order valence-corrected chi connectivity index (χ2v) is 5.11. The highest BCUT2D eigenvalue weighted by Crippen LogP contribution is 2.25. The molecule has 2 nitrogen and oxygen atoms in total. The van der Waals surface area contributed by atoms with E-state index in [0.29, 0.717) is 5.38 Å². The van der Waals surface area contributed by atoms with Crippen LogP contribution in [0.5, 0.6) is 0 Å². The molecule has 78 valence electrons. The highest BCUT2D eigenvalue weighted by molar-refractivity contribution is 7.13. The van der Waals surface area contributed by atoms with E-state index in [4.69, 9.17) is 11.6 Å². The zero-order valence-electron chi connectivity index (χ0n) is 8.37. The maximum Gasteiger partial charge on any atom is 0.185 e. The van der Waals surface area contributed by atoms with E-state index in [1.807, 2.05) is 0 Å².